The summed E-state index contributed by atoms with van der Waals surface area (Å²) >= 11 is 2.90. The van der Waals surface area contributed by atoms with Gasteiger partial charge in [-0.2, -0.15) is 18.3 Å². The molecule has 1 amide bonds. The van der Waals surface area contributed by atoms with Crippen LogP contribution in [-0.2, 0) is 6.54 Å². The van der Waals surface area contributed by atoms with E-state index in [0.717, 1.165) is 12.3 Å². The highest BCUT2D eigenvalue weighted by Crippen LogP contribution is 2.35. The number of halogens is 5. The van der Waals surface area contributed by atoms with Gasteiger partial charge in [0.15, 0.2) is 5.82 Å². The van der Waals surface area contributed by atoms with Gasteiger partial charge in [-0.05, 0) is 34.1 Å². The lowest BCUT2D eigenvalue weighted by Crippen LogP contribution is -2.13. The van der Waals surface area contributed by atoms with E-state index < -0.39 is 11.4 Å². The molecule has 0 fully saturated rings. The molecule has 11 heteroatoms. The number of benzene rings is 1. The van der Waals surface area contributed by atoms with E-state index in [1.807, 2.05) is 0 Å². The van der Waals surface area contributed by atoms with E-state index in [1.54, 1.807) is 24.4 Å². The quantitative estimate of drug-likeness (QED) is 0.413. The zero-order chi connectivity index (χ0) is 20.3. The molecule has 2 aromatic heterocycles. The molecule has 0 atom stereocenters. The van der Waals surface area contributed by atoms with Crippen molar-refractivity contribution in [3.05, 3.63) is 70.2 Å². The molecule has 0 saturated carbocycles. The molecule has 0 spiro atoms. The van der Waals surface area contributed by atoms with Crippen LogP contribution >= 0.6 is 27.7 Å². The summed E-state index contributed by atoms with van der Waals surface area (Å²) in [7, 11) is 0. The zero-order valence-corrected chi connectivity index (χ0v) is 16.3. The summed E-state index contributed by atoms with van der Waals surface area (Å²) in [6.07, 6.45) is 2.62. The van der Waals surface area contributed by atoms with Crippen LogP contribution in [0.4, 0.5) is 23.4 Å². The molecular formula is C17H11BrF4N4OS. The molecule has 0 aliphatic carbocycles. The van der Waals surface area contributed by atoms with Gasteiger partial charge < -0.3 is 5.32 Å². The Labute approximate surface area is 169 Å². The van der Waals surface area contributed by atoms with Crippen molar-refractivity contribution < 1.29 is 22.4 Å². The number of carbonyl (C=O) groups excluding carboxylic acids is 1. The van der Waals surface area contributed by atoms with Gasteiger partial charge in [-0.25, -0.2) is 9.37 Å². The van der Waals surface area contributed by atoms with Gasteiger partial charge in [-0.3, -0.25) is 9.48 Å². The number of hydrogen-bond acceptors (Lipinski definition) is 4. The fourth-order valence-corrected chi connectivity index (χ4v) is 3.13. The molecule has 0 bridgehead atoms. The minimum Gasteiger partial charge on any atom is -0.304 e. The Kier molecular flexibility index (Phi) is 6.04. The van der Waals surface area contributed by atoms with Crippen LogP contribution in [-0.4, -0.2) is 26.2 Å². The lowest BCUT2D eigenvalue weighted by molar-refractivity contribution is -0.0329. The third kappa shape index (κ3) is 5.32. The number of hydrogen-bond donors (Lipinski definition) is 1. The molecule has 0 aliphatic heterocycles. The molecule has 0 radical (unpaired) electrons. The number of carbonyl (C=O) groups is 1. The fraction of sp³-hybridized carbons (Fsp3) is 0.118. The van der Waals surface area contributed by atoms with Crippen LogP contribution in [0.2, 0.25) is 0 Å². The average molecular weight is 475 g/mol. The van der Waals surface area contributed by atoms with E-state index in [2.05, 4.69) is 31.3 Å². The first-order chi connectivity index (χ1) is 13.2. The molecule has 1 N–H and O–H groups in total. The summed E-state index contributed by atoms with van der Waals surface area (Å²) in [4.78, 5) is 15.9. The molecule has 1 aromatic carbocycles. The maximum absolute atomic E-state index is 13.7. The number of nitrogens with zero attached hydrogens (tertiary/aromatic N) is 3. The molecule has 0 aliphatic rings. The lowest BCUT2D eigenvalue weighted by atomic mass is 10.2. The van der Waals surface area contributed by atoms with Gasteiger partial charge in [0.2, 0.25) is 0 Å². The Hall–Kier alpha value is -2.40. The van der Waals surface area contributed by atoms with Gasteiger partial charge in [0.1, 0.15) is 10.8 Å². The van der Waals surface area contributed by atoms with Crippen LogP contribution in [0.25, 0.3) is 0 Å². The largest absolute Gasteiger partial charge is 0.447 e. The highest BCUT2D eigenvalue weighted by molar-refractivity contribution is 9.10. The fourth-order valence-electron chi connectivity index (χ4n) is 2.24. The first kappa shape index (κ1) is 20.3. The van der Waals surface area contributed by atoms with Crippen molar-refractivity contribution >= 4 is 39.4 Å². The monoisotopic (exact) mass is 474 g/mol. The summed E-state index contributed by atoms with van der Waals surface area (Å²) in [6, 6.07) is 8.59. The molecule has 0 saturated heterocycles. The Bertz CT molecular complexity index is 992. The number of rotatable bonds is 5. The van der Waals surface area contributed by atoms with Crippen molar-refractivity contribution in [2.45, 2.75) is 17.1 Å². The second-order valence-corrected chi connectivity index (χ2v) is 7.44. The average Bonchev–Trinajstić information content (AvgIpc) is 2.95. The summed E-state index contributed by atoms with van der Waals surface area (Å²) < 4.78 is 52.6. The van der Waals surface area contributed by atoms with Crippen molar-refractivity contribution in [2.24, 2.45) is 0 Å². The number of nitrogens with one attached hydrogen (secondary N) is 1. The molecule has 3 aromatic rings. The van der Waals surface area contributed by atoms with Gasteiger partial charge in [-0.1, -0.05) is 18.2 Å². The van der Waals surface area contributed by atoms with Gasteiger partial charge in [0.05, 0.1) is 16.6 Å². The van der Waals surface area contributed by atoms with Crippen LogP contribution in [0.15, 0.2) is 58.3 Å². The number of amides is 1. The van der Waals surface area contributed by atoms with Gasteiger partial charge in [0, 0.05) is 29.7 Å². The van der Waals surface area contributed by atoms with Crippen molar-refractivity contribution in [3.8, 4) is 0 Å². The van der Waals surface area contributed by atoms with E-state index >= 15 is 0 Å². The van der Waals surface area contributed by atoms with Crippen molar-refractivity contribution in [1.29, 1.82) is 0 Å². The normalized spacial score (nSPS) is 11.5. The molecule has 2 heterocycles. The number of aromatic nitrogens is 3. The van der Waals surface area contributed by atoms with Crippen molar-refractivity contribution in [2.75, 3.05) is 5.32 Å². The Morgan fingerprint density at radius 2 is 1.96 bits per heavy atom. The molecule has 0 unspecified atom stereocenters. The summed E-state index contributed by atoms with van der Waals surface area (Å²) in [5.74, 6) is -0.773. The van der Waals surface area contributed by atoms with E-state index in [4.69, 9.17) is 0 Å². The van der Waals surface area contributed by atoms with Crippen molar-refractivity contribution in [3.63, 3.8) is 0 Å². The summed E-state index contributed by atoms with van der Waals surface area (Å²) in [5.41, 5.74) is -3.95. The number of alkyl halides is 3. The first-order valence-electron chi connectivity index (χ1n) is 7.71. The van der Waals surface area contributed by atoms with Crippen molar-refractivity contribution in [1.82, 2.24) is 14.8 Å². The third-order valence-electron chi connectivity index (χ3n) is 3.46. The topological polar surface area (TPSA) is 59.8 Å². The second-order valence-electron chi connectivity index (χ2n) is 5.50. The van der Waals surface area contributed by atoms with Crippen LogP contribution in [0.5, 0.6) is 0 Å². The number of anilines is 1. The predicted octanol–water partition coefficient (Wildman–Crippen LogP) is 5.09. The Balaban J connectivity index is 1.69. The number of pyridine rings is 1. The van der Waals surface area contributed by atoms with Gasteiger partial charge in [-0.15, -0.1) is 0 Å². The Morgan fingerprint density at radius 3 is 2.61 bits per heavy atom. The third-order valence-corrected chi connectivity index (χ3v) is 4.72. The van der Waals surface area contributed by atoms with Gasteiger partial charge >= 0.3 is 5.51 Å². The van der Waals surface area contributed by atoms with Gasteiger partial charge in [0.25, 0.3) is 5.91 Å². The summed E-state index contributed by atoms with van der Waals surface area (Å²) in [5, 5.41) is 6.45. The minimum atomic E-state index is -4.45. The van der Waals surface area contributed by atoms with Crippen LogP contribution in [0, 0.1) is 5.82 Å². The van der Waals surface area contributed by atoms with E-state index in [0.29, 0.717) is 10.0 Å². The molecular weight excluding hydrogens is 464 g/mol. The lowest BCUT2D eigenvalue weighted by Gasteiger charge is -2.06. The van der Waals surface area contributed by atoms with E-state index in [-0.39, 0.29) is 40.5 Å². The van der Waals surface area contributed by atoms with Crippen LogP contribution < -0.4 is 5.32 Å². The standard InChI is InChI=1S/C17H11BrF4N4OS/c18-12-9-26(8-11-3-1-2-4-13(11)19)25-15(12)24-16(27)10-5-6-14(23-7-10)28-17(20,21)22/h1-7,9H,8H2,(H,24,25,27). The second kappa shape index (κ2) is 8.31. The first-order valence-corrected chi connectivity index (χ1v) is 9.32. The zero-order valence-electron chi connectivity index (χ0n) is 13.9. The molecule has 146 valence electrons. The SMILES string of the molecule is O=C(Nc1nn(Cc2ccccc2F)cc1Br)c1ccc(SC(F)(F)F)nc1. The predicted molar refractivity (Wildman–Crippen MR) is 99.5 cm³/mol. The highest BCUT2D eigenvalue weighted by atomic mass is 79.9. The maximum Gasteiger partial charge on any atom is 0.447 e. The minimum absolute atomic E-state index is 0.0714. The summed E-state index contributed by atoms with van der Waals surface area (Å²) in [6.45, 7) is 0.159. The highest BCUT2D eigenvalue weighted by Gasteiger charge is 2.30. The van der Waals surface area contributed by atoms with E-state index in [9.17, 15) is 22.4 Å². The van der Waals surface area contributed by atoms with Crippen LogP contribution in [0.1, 0.15) is 15.9 Å². The molecule has 3 rings (SSSR count). The smallest absolute Gasteiger partial charge is 0.304 e. The number of thioether (sulfide) groups is 1. The maximum atomic E-state index is 13.7. The van der Waals surface area contributed by atoms with E-state index in [1.165, 1.54) is 16.8 Å². The molecule has 5 nitrogen and oxygen atoms in total. The molecule has 28 heavy (non-hydrogen) atoms. The van der Waals surface area contributed by atoms with Crippen LogP contribution in [0.3, 0.4) is 0 Å². The Morgan fingerprint density at radius 1 is 1.21 bits per heavy atom.